The molecule has 3 aromatic rings. The Morgan fingerprint density at radius 1 is 0.806 bits per heavy atom. The third-order valence-corrected chi connectivity index (χ3v) is 7.00. The molecule has 3 nitrogen and oxygen atoms in total. The van der Waals surface area contributed by atoms with Crippen molar-refractivity contribution in [2.24, 2.45) is 16.3 Å². The predicted octanol–water partition coefficient (Wildman–Crippen LogP) is 5.88. The first-order valence-electron chi connectivity index (χ1n) is 10.9. The van der Waals surface area contributed by atoms with E-state index < -0.39 is 5.92 Å². The highest BCUT2D eigenvalue weighted by molar-refractivity contribution is 6.30. The van der Waals surface area contributed by atoms with Gasteiger partial charge in [0.25, 0.3) is 0 Å². The van der Waals surface area contributed by atoms with Crippen molar-refractivity contribution in [3.63, 3.8) is 0 Å². The van der Waals surface area contributed by atoms with E-state index in [4.69, 9.17) is 4.99 Å². The lowest BCUT2D eigenvalue weighted by atomic mass is 9.66. The van der Waals surface area contributed by atoms with Crippen LogP contribution in [0.15, 0.2) is 83.0 Å². The molecule has 3 aliphatic rings. The molecular formula is C28H23NO2. The van der Waals surface area contributed by atoms with E-state index in [0.717, 1.165) is 50.9 Å². The standard InChI is InChI=1S/C28H23NO2/c1-28(2)14-21-24(22(30)15-28)23(18-13-7-9-16-8-3-4-10-17(16)18)25-26(29-21)19-11-5-6-12-20(19)27(25)31/h3-13,23,25H,14-15H2,1-2H3/t23-,25-/m0/s1. The molecule has 31 heavy (non-hydrogen) atoms. The third-order valence-electron chi connectivity index (χ3n) is 7.00. The van der Waals surface area contributed by atoms with Crippen LogP contribution in [-0.4, -0.2) is 17.3 Å². The quantitative estimate of drug-likeness (QED) is 0.507. The van der Waals surface area contributed by atoms with E-state index in [9.17, 15) is 9.59 Å². The number of Topliss-reactive ketones (excluding diaryl/α,β-unsaturated/α-hetero) is 2. The molecule has 3 heteroatoms. The maximum atomic E-state index is 13.6. The lowest BCUT2D eigenvalue weighted by Crippen LogP contribution is -2.37. The smallest absolute Gasteiger partial charge is 0.173 e. The number of carbonyl (C=O) groups excluding carboxylic acids is 2. The van der Waals surface area contributed by atoms with E-state index in [-0.39, 0.29) is 22.9 Å². The minimum absolute atomic E-state index is 0.0801. The number of hydrogen-bond donors (Lipinski definition) is 0. The molecule has 1 aliphatic heterocycles. The lowest BCUT2D eigenvalue weighted by molar-refractivity contribution is -0.118. The van der Waals surface area contributed by atoms with Crippen molar-refractivity contribution in [2.45, 2.75) is 32.6 Å². The third kappa shape index (κ3) is 2.62. The number of hydrogen-bond acceptors (Lipinski definition) is 3. The van der Waals surface area contributed by atoms with Gasteiger partial charge in [-0.1, -0.05) is 80.6 Å². The Labute approximate surface area is 181 Å². The number of ketones is 2. The summed E-state index contributed by atoms with van der Waals surface area (Å²) in [6.45, 7) is 4.25. The Morgan fingerprint density at radius 2 is 1.52 bits per heavy atom. The van der Waals surface area contributed by atoms with Gasteiger partial charge in [0.05, 0.1) is 11.6 Å². The molecule has 0 radical (unpaired) electrons. The van der Waals surface area contributed by atoms with Crippen LogP contribution in [0, 0.1) is 11.3 Å². The molecule has 0 saturated heterocycles. The predicted molar refractivity (Wildman–Crippen MR) is 123 cm³/mol. The minimum Gasteiger partial charge on any atom is -0.294 e. The Hall–Kier alpha value is -3.33. The van der Waals surface area contributed by atoms with E-state index in [1.807, 2.05) is 42.5 Å². The topological polar surface area (TPSA) is 46.5 Å². The van der Waals surface area contributed by atoms with Crippen LogP contribution < -0.4 is 0 Å². The summed E-state index contributed by atoms with van der Waals surface area (Å²) in [5.41, 5.74) is 5.03. The van der Waals surface area contributed by atoms with Crippen LogP contribution in [0.1, 0.15) is 54.1 Å². The van der Waals surface area contributed by atoms with E-state index in [2.05, 4.69) is 38.1 Å². The fourth-order valence-electron chi connectivity index (χ4n) is 5.74. The number of allylic oxidation sites excluding steroid dienone is 2. The largest absolute Gasteiger partial charge is 0.294 e. The second-order valence-corrected chi connectivity index (χ2v) is 9.73. The zero-order chi connectivity index (χ0) is 21.3. The van der Waals surface area contributed by atoms with Gasteiger partial charge in [0, 0.05) is 34.7 Å². The molecule has 0 saturated carbocycles. The number of benzene rings is 3. The van der Waals surface area contributed by atoms with Crippen LogP contribution in [0.2, 0.25) is 0 Å². The number of nitrogens with zero attached hydrogens (tertiary/aromatic N) is 1. The summed E-state index contributed by atoms with van der Waals surface area (Å²) in [5.74, 6) is -0.517. The second kappa shape index (κ2) is 6.34. The SMILES string of the molecule is CC1(C)CC(=O)C2=C(C1)N=C1c3ccccc3C(=O)[C@H]1[C@H]2c1cccc2ccccc12. The summed E-state index contributed by atoms with van der Waals surface area (Å²) in [6.07, 6.45) is 1.24. The van der Waals surface area contributed by atoms with Crippen LogP contribution in [-0.2, 0) is 4.79 Å². The van der Waals surface area contributed by atoms with Gasteiger partial charge in [-0.15, -0.1) is 0 Å². The summed E-state index contributed by atoms with van der Waals surface area (Å²) in [7, 11) is 0. The number of rotatable bonds is 1. The van der Waals surface area contributed by atoms with Crippen LogP contribution in [0.4, 0.5) is 0 Å². The van der Waals surface area contributed by atoms with Gasteiger partial charge in [0.15, 0.2) is 11.6 Å². The maximum absolute atomic E-state index is 13.6. The van der Waals surface area contributed by atoms with Gasteiger partial charge in [-0.2, -0.15) is 0 Å². The van der Waals surface area contributed by atoms with Crippen molar-refractivity contribution in [1.29, 1.82) is 0 Å². The molecule has 1 heterocycles. The Balaban J connectivity index is 1.66. The van der Waals surface area contributed by atoms with Gasteiger partial charge in [-0.3, -0.25) is 14.6 Å². The molecule has 2 aliphatic carbocycles. The second-order valence-electron chi connectivity index (χ2n) is 9.73. The summed E-state index contributed by atoms with van der Waals surface area (Å²) in [5, 5.41) is 2.22. The van der Waals surface area contributed by atoms with E-state index in [1.165, 1.54) is 0 Å². The molecule has 0 fully saturated rings. The van der Waals surface area contributed by atoms with Crippen LogP contribution in [0.25, 0.3) is 10.8 Å². The zero-order valence-electron chi connectivity index (χ0n) is 17.7. The highest BCUT2D eigenvalue weighted by atomic mass is 16.1. The molecular weight excluding hydrogens is 382 g/mol. The van der Waals surface area contributed by atoms with Crippen molar-refractivity contribution in [2.75, 3.05) is 0 Å². The van der Waals surface area contributed by atoms with Crippen molar-refractivity contribution in [3.05, 3.63) is 94.7 Å². The van der Waals surface area contributed by atoms with Crippen molar-refractivity contribution < 1.29 is 9.59 Å². The summed E-state index contributed by atoms with van der Waals surface area (Å²) < 4.78 is 0. The average molecular weight is 405 g/mol. The van der Waals surface area contributed by atoms with E-state index >= 15 is 0 Å². The molecule has 6 rings (SSSR count). The van der Waals surface area contributed by atoms with Crippen molar-refractivity contribution >= 4 is 28.1 Å². The molecule has 0 amide bonds. The fraction of sp³-hybridized carbons (Fsp3) is 0.250. The molecule has 2 atom stereocenters. The monoisotopic (exact) mass is 405 g/mol. The first kappa shape index (κ1) is 18.4. The van der Waals surface area contributed by atoms with Gasteiger partial charge in [0.1, 0.15) is 0 Å². The highest BCUT2D eigenvalue weighted by Crippen LogP contribution is 2.52. The molecule has 152 valence electrons. The highest BCUT2D eigenvalue weighted by Gasteiger charge is 2.50. The van der Waals surface area contributed by atoms with Crippen LogP contribution in [0.3, 0.4) is 0 Å². The molecule has 0 unspecified atom stereocenters. The van der Waals surface area contributed by atoms with Gasteiger partial charge < -0.3 is 0 Å². The Bertz CT molecular complexity index is 1350. The lowest BCUT2D eigenvalue weighted by Gasteiger charge is -2.38. The molecule has 0 N–H and O–H groups in total. The summed E-state index contributed by atoms with van der Waals surface area (Å²) in [6, 6.07) is 22.2. The fourth-order valence-corrected chi connectivity index (χ4v) is 5.74. The first-order valence-corrected chi connectivity index (χ1v) is 10.9. The van der Waals surface area contributed by atoms with Crippen LogP contribution in [0.5, 0.6) is 0 Å². The molecule has 0 spiro atoms. The normalized spacial score (nSPS) is 24.0. The van der Waals surface area contributed by atoms with E-state index in [0.29, 0.717) is 6.42 Å². The number of fused-ring (bicyclic) bond motifs is 4. The van der Waals surface area contributed by atoms with Gasteiger partial charge in [-0.25, -0.2) is 0 Å². The van der Waals surface area contributed by atoms with E-state index in [1.54, 1.807) is 0 Å². The Kier molecular flexibility index (Phi) is 3.77. The summed E-state index contributed by atoms with van der Waals surface area (Å²) in [4.78, 5) is 32.2. The molecule has 0 bridgehead atoms. The molecule has 3 aromatic carbocycles. The van der Waals surface area contributed by atoms with Gasteiger partial charge in [-0.05, 0) is 28.2 Å². The average Bonchev–Trinajstić information content (AvgIpc) is 3.03. The summed E-state index contributed by atoms with van der Waals surface area (Å²) >= 11 is 0. The number of carbonyl (C=O) groups is 2. The minimum atomic E-state index is -0.438. The van der Waals surface area contributed by atoms with Gasteiger partial charge >= 0.3 is 0 Å². The number of aliphatic imine (C=N–C) groups is 1. The van der Waals surface area contributed by atoms with Crippen LogP contribution >= 0.6 is 0 Å². The molecule has 0 aromatic heterocycles. The zero-order valence-corrected chi connectivity index (χ0v) is 17.7. The van der Waals surface area contributed by atoms with Crippen molar-refractivity contribution in [3.8, 4) is 0 Å². The maximum Gasteiger partial charge on any atom is 0.173 e. The Morgan fingerprint density at radius 3 is 2.35 bits per heavy atom. The first-order chi connectivity index (χ1) is 14.9. The van der Waals surface area contributed by atoms with Gasteiger partial charge in [0.2, 0.25) is 0 Å². The van der Waals surface area contributed by atoms with Crippen molar-refractivity contribution in [1.82, 2.24) is 0 Å².